The van der Waals surface area contributed by atoms with Crippen molar-refractivity contribution in [3.63, 3.8) is 0 Å². The first-order valence-corrected chi connectivity index (χ1v) is 11.0. The van der Waals surface area contributed by atoms with Crippen molar-refractivity contribution in [1.29, 1.82) is 0 Å². The highest BCUT2D eigenvalue weighted by molar-refractivity contribution is 7.92. The number of benzene rings is 2. The number of nitrogens with one attached hydrogen (secondary N) is 1. The average molecular weight is 443 g/mol. The van der Waals surface area contributed by atoms with Gasteiger partial charge in [-0.15, -0.1) is 0 Å². The van der Waals surface area contributed by atoms with Gasteiger partial charge in [-0.2, -0.15) is 0 Å². The van der Waals surface area contributed by atoms with Crippen LogP contribution in [0, 0.1) is 0 Å². The molecule has 0 aliphatic carbocycles. The van der Waals surface area contributed by atoms with E-state index in [0.29, 0.717) is 17.8 Å². The summed E-state index contributed by atoms with van der Waals surface area (Å²) in [6.07, 6.45) is 2.03. The Morgan fingerprint density at radius 2 is 1.93 bits per heavy atom. The smallest absolute Gasteiger partial charge is 0.263 e. The van der Waals surface area contributed by atoms with Gasteiger partial charge in [0.15, 0.2) is 0 Å². The fourth-order valence-corrected chi connectivity index (χ4v) is 4.79. The molecule has 2 aromatic rings. The fraction of sp³-hybridized carbons (Fsp3) is 0.316. The maximum Gasteiger partial charge on any atom is 0.263 e. The molecule has 1 N–H and O–H groups in total. The maximum absolute atomic E-state index is 12.6. The van der Waals surface area contributed by atoms with Crippen molar-refractivity contribution in [2.24, 2.45) is 0 Å². The molecule has 1 heterocycles. The van der Waals surface area contributed by atoms with Crippen molar-refractivity contribution in [2.45, 2.75) is 23.8 Å². The Kier molecular flexibility index (Phi) is 6.50. The summed E-state index contributed by atoms with van der Waals surface area (Å²) in [6, 6.07) is 10.4. The number of likely N-dealkylation sites (N-methyl/N-ethyl adjacent to an activating group) is 1. The highest BCUT2D eigenvalue weighted by Gasteiger charge is 2.22. The molecule has 1 fully saturated rings. The first kappa shape index (κ1) is 20.9. The minimum Gasteiger partial charge on any atom is -0.376 e. The number of hydrogen-bond donors (Lipinski definition) is 1. The van der Waals surface area contributed by atoms with Crippen molar-refractivity contribution >= 4 is 44.8 Å². The van der Waals surface area contributed by atoms with E-state index in [4.69, 9.17) is 27.9 Å². The number of ether oxygens (including phenoxy) is 1. The average Bonchev–Trinajstić information content (AvgIpc) is 3.16. The first-order valence-electron chi connectivity index (χ1n) is 8.71. The SMILES string of the molecule is CN(CC1CCCO1)C(=O)c1ccc(NS(=O)(=O)c2cc(Cl)ccc2Cl)cc1. The number of hydrogen-bond acceptors (Lipinski definition) is 4. The lowest BCUT2D eigenvalue weighted by Crippen LogP contribution is -2.34. The molecule has 1 saturated heterocycles. The number of amides is 1. The number of sulfonamides is 1. The van der Waals surface area contributed by atoms with Crippen LogP contribution in [-0.2, 0) is 14.8 Å². The molecule has 1 aliphatic heterocycles. The molecular formula is C19H20Cl2N2O4S. The summed E-state index contributed by atoms with van der Waals surface area (Å²) in [6.45, 7) is 1.26. The lowest BCUT2D eigenvalue weighted by molar-refractivity contribution is 0.0587. The van der Waals surface area contributed by atoms with Crippen LogP contribution in [0.5, 0.6) is 0 Å². The molecule has 1 atom stereocenters. The number of carbonyl (C=O) groups is 1. The van der Waals surface area contributed by atoms with Crippen molar-refractivity contribution in [2.75, 3.05) is 24.9 Å². The highest BCUT2D eigenvalue weighted by Crippen LogP contribution is 2.27. The van der Waals surface area contributed by atoms with Crippen molar-refractivity contribution in [3.05, 3.63) is 58.1 Å². The van der Waals surface area contributed by atoms with Crippen molar-refractivity contribution < 1.29 is 17.9 Å². The minimum absolute atomic E-state index is 0.0689. The molecule has 6 nitrogen and oxygen atoms in total. The van der Waals surface area contributed by atoms with E-state index in [1.165, 1.54) is 30.3 Å². The van der Waals surface area contributed by atoms with Gasteiger partial charge in [-0.1, -0.05) is 23.2 Å². The Bertz CT molecular complexity index is 958. The van der Waals surface area contributed by atoms with Crippen LogP contribution >= 0.6 is 23.2 Å². The Balaban J connectivity index is 1.70. The quantitative estimate of drug-likeness (QED) is 0.731. The molecule has 2 aromatic carbocycles. The van der Waals surface area contributed by atoms with Crippen LogP contribution in [-0.4, -0.2) is 45.5 Å². The zero-order valence-electron chi connectivity index (χ0n) is 15.2. The summed E-state index contributed by atoms with van der Waals surface area (Å²) in [5.74, 6) is -0.150. The number of carbonyl (C=O) groups excluding carboxylic acids is 1. The van der Waals surface area contributed by atoms with Gasteiger partial charge in [-0.3, -0.25) is 9.52 Å². The molecular weight excluding hydrogens is 423 g/mol. The Morgan fingerprint density at radius 1 is 1.21 bits per heavy atom. The van der Waals surface area contributed by atoms with Crippen LogP contribution in [0.1, 0.15) is 23.2 Å². The molecule has 1 unspecified atom stereocenters. The predicted octanol–water partition coefficient (Wildman–Crippen LogP) is 4.05. The van der Waals surface area contributed by atoms with Gasteiger partial charge in [0, 0.05) is 36.5 Å². The van der Waals surface area contributed by atoms with Crippen LogP contribution < -0.4 is 4.72 Å². The van der Waals surface area contributed by atoms with E-state index in [-0.39, 0.29) is 27.0 Å². The minimum atomic E-state index is -3.91. The van der Waals surface area contributed by atoms with E-state index >= 15 is 0 Å². The van der Waals surface area contributed by atoms with Gasteiger partial charge in [0.05, 0.1) is 11.1 Å². The number of nitrogens with zero attached hydrogens (tertiary/aromatic N) is 1. The molecule has 150 valence electrons. The van der Waals surface area contributed by atoms with Crippen molar-refractivity contribution in [1.82, 2.24) is 4.90 Å². The largest absolute Gasteiger partial charge is 0.376 e. The van der Waals surface area contributed by atoms with Gasteiger partial charge in [-0.25, -0.2) is 8.42 Å². The van der Waals surface area contributed by atoms with E-state index in [9.17, 15) is 13.2 Å². The maximum atomic E-state index is 12.6. The second-order valence-corrected chi connectivity index (χ2v) is 9.07. The van der Waals surface area contributed by atoms with Crippen LogP contribution in [0.3, 0.4) is 0 Å². The monoisotopic (exact) mass is 442 g/mol. The molecule has 9 heteroatoms. The summed E-state index contributed by atoms with van der Waals surface area (Å²) in [7, 11) is -2.19. The zero-order chi connectivity index (χ0) is 20.3. The standard InChI is InChI=1S/C19H20Cl2N2O4S/c1-23(12-16-3-2-10-27-16)19(24)13-4-7-15(8-5-13)22-28(25,26)18-11-14(20)6-9-17(18)21/h4-9,11,16,22H,2-3,10,12H2,1H3. The van der Waals surface area contributed by atoms with Gasteiger partial charge in [-0.05, 0) is 55.3 Å². The van der Waals surface area contributed by atoms with E-state index < -0.39 is 10.0 Å². The molecule has 0 saturated carbocycles. The third-order valence-electron chi connectivity index (χ3n) is 4.42. The van der Waals surface area contributed by atoms with Gasteiger partial charge in [0.25, 0.3) is 15.9 Å². The molecule has 1 aliphatic rings. The van der Waals surface area contributed by atoms with Crippen LogP contribution in [0.15, 0.2) is 47.4 Å². The van der Waals surface area contributed by atoms with E-state index in [1.807, 2.05) is 0 Å². The zero-order valence-corrected chi connectivity index (χ0v) is 17.5. The van der Waals surface area contributed by atoms with E-state index in [2.05, 4.69) is 4.72 Å². The number of rotatable bonds is 6. The summed E-state index contributed by atoms with van der Waals surface area (Å²) >= 11 is 11.9. The van der Waals surface area contributed by atoms with Crippen LogP contribution in [0.2, 0.25) is 10.0 Å². The van der Waals surface area contributed by atoms with Gasteiger partial charge in [0.1, 0.15) is 4.90 Å². The van der Waals surface area contributed by atoms with Gasteiger partial charge in [0.2, 0.25) is 0 Å². The van der Waals surface area contributed by atoms with Crippen LogP contribution in [0.25, 0.3) is 0 Å². The van der Waals surface area contributed by atoms with Crippen molar-refractivity contribution in [3.8, 4) is 0 Å². The molecule has 0 spiro atoms. The van der Waals surface area contributed by atoms with E-state index in [0.717, 1.165) is 19.4 Å². The van der Waals surface area contributed by atoms with Gasteiger partial charge >= 0.3 is 0 Å². The third kappa shape index (κ3) is 4.97. The molecule has 28 heavy (non-hydrogen) atoms. The van der Waals surface area contributed by atoms with Gasteiger partial charge < -0.3 is 9.64 Å². The Hall–Kier alpha value is -1.80. The summed E-state index contributed by atoms with van der Waals surface area (Å²) in [4.78, 5) is 14.0. The lowest BCUT2D eigenvalue weighted by atomic mass is 10.1. The second-order valence-electron chi connectivity index (χ2n) is 6.58. The summed E-state index contributed by atoms with van der Waals surface area (Å²) < 4.78 is 33.1. The number of anilines is 1. The fourth-order valence-electron chi connectivity index (χ4n) is 2.97. The molecule has 0 radical (unpaired) electrons. The first-order chi connectivity index (χ1) is 13.3. The Labute approximate surface area is 174 Å². The van der Waals surface area contributed by atoms with Crippen LogP contribution in [0.4, 0.5) is 5.69 Å². The molecule has 0 bridgehead atoms. The van der Waals surface area contributed by atoms with E-state index in [1.54, 1.807) is 24.1 Å². The number of halogens is 2. The molecule has 3 rings (SSSR count). The normalized spacial score (nSPS) is 16.8. The summed E-state index contributed by atoms with van der Waals surface area (Å²) in [5.41, 5.74) is 0.776. The second kappa shape index (κ2) is 8.69. The highest BCUT2D eigenvalue weighted by atomic mass is 35.5. The molecule has 1 amide bonds. The third-order valence-corrected chi connectivity index (χ3v) is 6.51. The Morgan fingerprint density at radius 3 is 2.57 bits per heavy atom. The topological polar surface area (TPSA) is 75.7 Å². The predicted molar refractivity (Wildman–Crippen MR) is 110 cm³/mol. The summed E-state index contributed by atoms with van der Waals surface area (Å²) in [5, 5.41) is 0.333. The lowest BCUT2D eigenvalue weighted by Gasteiger charge is -2.21. The molecule has 0 aromatic heterocycles.